The first kappa shape index (κ1) is 12.6. The lowest BCUT2D eigenvalue weighted by Crippen LogP contribution is -1.95. The molecule has 1 N–H and O–H groups in total. The number of phenolic OH excluding ortho intramolecular Hbond substituents is 1. The summed E-state index contributed by atoms with van der Waals surface area (Å²) in [7, 11) is 4.72. The first-order valence-corrected chi connectivity index (χ1v) is 5.15. The van der Waals surface area contributed by atoms with Crippen molar-refractivity contribution in [1.29, 1.82) is 0 Å². The molecule has 0 fully saturated rings. The molecule has 0 bridgehead atoms. The van der Waals surface area contributed by atoms with Crippen LogP contribution in [0.15, 0.2) is 12.1 Å². The molecular formula is C12H18O4. The minimum atomic E-state index is 0.0421. The molecule has 0 aromatic heterocycles. The molecule has 0 radical (unpaired) electrons. The summed E-state index contributed by atoms with van der Waals surface area (Å²) in [6.07, 6.45) is 1.79. The Hall–Kier alpha value is -1.42. The highest BCUT2D eigenvalue weighted by Gasteiger charge is 2.10. The van der Waals surface area contributed by atoms with Crippen molar-refractivity contribution in [2.75, 3.05) is 27.9 Å². The fourth-order valence-electron chi connectivity index (χ4n) is 1.51. The second-order valence-corrected chi connectivity index (χ2v) is 3.45. The van der Waals surface area contributed by atoms with Gasteiger partial charge in [0, 0.05) is 13.7 Å². The van der Waals surface area contributed by atoms with Gasteiger partial charge in [-0.15, -0.1) is 0 Å². The van der Waals surface area contributed by atoms with Gasteiger partial charge in [0.2, 0.25) is 5.75 Å². The molecule has 0 unspecified atom stereocenters. The van der Waals surface area contributed by atoms with E-state index in [4.69, 9.17) is 14.2 Å². The molecule has 4 nitrogen and oxygen atoms in total. The molecule has 0 heterocycles. The lowest BCUT2D eigenvalue weighted by atomic mass is 10.1. The third-order valence-electron chi connectivity index (χ3n) is 2.35. The zero-order chi connectivity index (χ0) is 12.0. The van der Waals surface area contributed by atoms with Gasteiger partial charge < -0.3 is 19.3 Å². The Kier molecular flexibility index (Phi) is 4.92. The number of rotatable bonds is 6. The summed E-state index contributed by atoms with van der Waals surface area (Å²) in [5, 5.41) is 9.71. The summed E-state index contributed by atoms with van der Waals surface area (Å²) in [5.74, 6) is 0.916. The van der Waals surface area contributed by atoms with E-state index in [9.17, 15) is 5.11 Å². The van der Waals surface area contributed by atoms with Gasteiger partial charge in [0.1, 0.15) is 0 Å². The van der Waals surface area contributed by atoms with Crippen molar-refractivity contribution < 1.29 is 19.3 Å². The minimum Gasteiger partial charge on any atom is -0.502 e. The molecule has 0 saturated carbocycles. The van der Waals surface area contributed by atoms with Gasteiger partial charge in [0.25, 0.3) is 0 Å². The number of benzene rings is 1. The molecule has 0 aliphatic rings. The summed E-state index contributed by atoms with van der Waals surface area (Å²) in [4.78, 5) is 0. The van der Waals surface area contributed by atoms with Crippen LogP contribution >= 0.6 is 0 Å². The lowest BCUT2D eigenvalue weighted by molar-refractivity contribution is 0.195. The zero-order valence-electron chi connectivity index (χ0n) is 9.95. The van der Waals surface area contributed by atoms with E-state index in [1.807, 2.05) is 12.1 Å². The number of methoxy groups -OCH3 is 3. The molecule has 16 heavy (non-hydrogen) atoms. The molecule has 1 rings (SSSR count). The molecule has 90 valence electrons. The smallest absolute Gasteiger partial charge is 0.200 e. The van der Waals surface area contributed by atoms with Crippen LogP contribution in [0, 0.1) is 0 Å². The molecule has 0 aliphatic carbocycles. The monoisotopic (exact) mass is 226 g/mol. The van der Waals surface area contributed by atoms with Crippen molar-refractivity contribution in [2.24, 2.45) is 0 Å². The van der Waals surface area contributed by atoms with Crippen LogP contribution in [0.5, 0.6) is 17.2 Å². The van der Waals surface area contributed by atoms with Crippen molar-refractivity contribution in [3.8, 4) is 17.2 Å². The van der Waals surface area contributed by atoms with Crippen LogP contribution < -0.4 is 9.47 Å². The Morgan fingerprint density at radius 3 is 2.06 bits per heavy atom. The average Bonchev–Trinajstić information content (AvgIpc) is 2.31. The van der Waals surface area contributed by atoms with E-state index in [1.165, 1.54) is 14.2 Å². The van der Waals surface area contributed by atoms with E-state index in [1.54, 1.807) is 7.11 Å². The molecule has 1 aromatic rings. The molecule has 0 spiro atoms. The highest BCUT2D eigenvalue weighted by molar-refractivity contribution is 5.52. The molecule has 0 atom stereocenters. The Balaban J connectivity index is 2.84. The van der Waals surface area contributed by atoms with Crippen molar-refractivity contribution in [1.82, 2.24) is 0 Å². The average molecular weight is 226 g/mol. The van der Waals surface area contributed by atoms with Crippen molar-refractivity contribution >= 4 is 0 Å². The van der Waals surface area contributed by atoms with E-state index in [-0.39, 0.29) is 5.75 Å². The number of hydrogen-bond acceptors (Lipinski definition) is 4. The maximum atomic E-state index is 9.71. The fraction of sp³-hybridized carbons (Fsp3) is 0.500. The SMILES string of the molecule is COCCCc1cc(OC)c(O)c(OC)c1. The normalized spacial score (nSPS) is 10.2. The van der Waals surface area contributed by atoms with Crippen molar-refractivity contribution in [3.63, 3.8) is 0 Å². The predicted molar refractivity (Wildman–Crippen MR) is 61.4 cm³/mol. The second-order valence-electron chi connectivity index (χ2n) is 3.45. The molecular weight excluding hydrogens is 208 g/mol. The minimum absolute atomic E-state index is 0.0421. The van der Waals surface area contributed by atoms with Gasteiger partial charge in [0.15, 0.2) is 11.5 Å². The van der Waals surface area contributed by atoms with Gasteiger partial charge in [0.05, 0.1) is 14.2 Å². The maximum Gasteiger partial charge on any atom is 0.200 e. The van der Waals surface area contributed by atoms with E-state index in [0.717, 1.165) is 18.4 Å². The van der Waals surface area contributed by atoms with Crippen molar-refractivity contribution in [3.05, 3.63) is 17.7 Å². The van der Waals surface area contributed by atoms with Gasteiger partial charge in [-0.05, 0) is 30.5 Å². The standard InChI is InChI=1S/C12H18O4/c1-14-6-4-5-9-7-10(15-2)12(13)11(8-9)16-3/h7-8,13H,4-6H2,1-3H3. The number of aryl methyl sites for hydroxylation is 1. The van der Waals surface area contributed by atoms with Gasteiger partial charge in [-0.2, -0.15) is 0 Å². The van der Waals surface area contributed by atoms with Crippen LogP contribution in [-0.2, 0) is 11.2 Å². The van der Waals surface area contributed by atoms with Gasteiger partial charge >= 0.3 is 0 Å². The van der Waals surface area contributed by atoms with E-state index in [2.05, 4.69) is 0 Å². The van der Waals surface area contributed by atoms with E-state index < -0.39 is 0 Å². The second kappa shape index (κ2) is 6.23. The van der Waals surface area contributed by atoms with E-state index in [0.29, 0.717) is 18.1 Å². The van der Waals surface area contributed by atoms with E-state index >= 15 is 0 Å². The Labute approximate surface area is 95.8 Å². The summed E-state index contributed by atoms with van der Waals surface area (Å²) in [6, 6.07) is 3.63. The third kappa shape index (κ3) is 3.03. The predicted octanol–water partition coefficient (Wildman–Crippen LogP) is 1.99. The van der Waals surface area contributed by atoms with Crippen LogP contribution in [0.2, 0.25) is 0 Å². The zero-order valence-corrected chi connectivity index (χ0v) is 9.95. The molecule has 0 amide bonds. The van der Waals surface area contributed by atoms with Crippen LogP contribution in [0.3, 0.4) is 0 Å². The Morgan fingerprint density at radius 2 is 1.62 bits per heavy atom. The topological polar surface area (TPSA) is 47.9 Å². The number of ether oxygens (including phenoxy) is 3. The Morgan fingerprint density at radius 1 is 1.06 bits per heavy atom. The number of phenols is 1. The first-order chi connectivity index (χ1) is 7.72. The first-order valence-electron chi connectivity index (χ1n) is 5.15. The quantitative estimate of drug-likeness (QED) is 0.753. The highest BCUT2D eigenvalue weighted by Crippen LogP contribution is 2.37. The number of aromatic hydroxyl groups is 1. The molecule has 0 saturated heterocycles. The molecule has 4 heteroatoms. The lowest BCUT2D eigenvalue weighted by Gasteiger charge is -2.11. The Bertz CT molecular complexity index is 311. The van der Waals surface area contributed by atoms with Crippen LogP contribution in [-0.4, -0.2) is 33.0 Å². The number of hydrogen-bond donors (Lipinski definition) is 1. The largest absolute Gasteiger partial charge is 0.502 e. The third-order valence-corrected chi connectivity index (χ3v) is 2.35. The fourth-order valence-corrected chi connectivity index (χ4v) is 1.51. The maximum absolute atomic E-state index is 9.71. The summed E-state index contributed by atoms with van der Waals surface area (Å²) >= 11 is 0. The van der Waals surface area contributed by atoms with Crippen LogP contribution in [0.1, 0.15) is 12.0 Å². The molecule has 0 aliphatic heterocycles. The molecule has 1 aromatic carbocycles. The van der Waals surface area contributed by atoms with Crippen LogP contribution in [0.25, 0.3) is 0 Å². The summed E-state index contributed by atoms with van der Waals surface area (Å²) < 4.78 is 15.1. The van der Waals surface area contributed by atoms with Gasteiger partial charge in [-0.25, -0.2) is 0 Å². The van der Waals surface area contributed by atoms with Gasteiger partial charge in [-0.1, -0.05) is 0 Å². The van der Waals surface area contributed by atoms with Crippen molar-refractivity contribution in [2.45, 2.75) is 12.8 Å². The van der Waals surface area contributed by atoms with Crippen LogP contribution in [0.4, 0.5) is 0 Å². The summed E-state index contributed by atoms with van der Waals surface area (Å²) in [6.45, 7) is 0.714. The summed E-state index contributed by atoms with van der Waals surface area (Å²) in [5.41, 5.74) is 1.06. The highest BCUT2D eigenvalue weighted by atomic mass is 16.5. The van der Waals surface area contributed by atoms with Gasteiger partial charge in [-0.3, -0.25) is 0 Å².